The lowest BCUT2D eigenvalue weighted by molar-refractivity contribution is -0.140. The first-order valence-electron chi connectivity index (χ1n) is 4.90. The third kappa shape index (κ3) is 1.57. The summed E-state index contributed by atoms with van der Waals surface area (Å²) in [6, 6.07) is -1.51. The molecule has 0 aromatic heterocycles. The van der Waals surface area contributed by atoms with Crippen LogP contribution in [0.15, 0.2) is 24.8 Å². The second-order valence-corrected chi connectivity index (χ2v) is 3.58. The molecule has 6 heteroatoms. The van der Waals surface area contributed by atoms with Crippen LogP contribution in [-0.2, 0) is 9.63 Å². The second-order valence-electron chi connectivity index (χ2n) is 3.58. The number of hydrogen-bond donors (Lipinski definition) is 1. The lowest BCUT2D eigenvalue weighted by Gasteiger charge is -2.22. The first kappa shape index (κ1) is 10.7. The molecule has 1 unspecified atom stereocenters. The van der Waals surface area contributed by atoms with Crippen LogP contribution in [0.3, 0.4) is 0 Å². The van der Waals surface area contributed by atoms with Crippen LogP contribution in [0.4, 0.5) is 4.79 Å². The molecule has 1 N–H and O–H groups in total. The molecular weight excluding hydrogens is 212 g/mol. The standard InChI is InChI=1S/C10H12N2O4/c1-2-5-16-12-7-3-4-8(9(13)14)11(6-7)10(12)15/h2-4,7-8H,1,5-6H2,(H,13,14)/t7-,8?/m1/s1. The molecule has 1 fully saturated rings. The van der Waals surface area contributed by atoms with Gasteiger partial charge in [-0.3, -0.25) is 4.84 Å². The van der Waals surface area contributed by atoms with E-state index in [1.165, 1.54) is 22.1 Å². The highest BCUT2D eigenvalue weighted by atomic mass is 16.7. The minimum atomic E-state index is -1.03. The van der Waals surface area contributed by atoms with Crippen molar-refractivity contribution in [3.05, 3.63) is 24.8 Å². The number of aliphatic carboxylic acids is 1. The average molecular weight is 224 g/mol. The van der Waals surface area contributed by atoms with Crippen molar-refractivity contribution in [3.8, 4) is 0 Å². The predicted molar refractivity (Wildman–Crippen MR) is 54.4 cm³/mol. The van der Waals surface area contributed by atoms with Crippen molar-refractivity contribution in [2.75, 3.05) is 13.2 Å². The summed E-state index contributed by atoms with van der Waals surface area (Å²) in [7, 11) is 0. The Bertz CT molecular complexity index is 366. The number of amides is 2. The van der Waals surface area contributed by atoms with Crippen molar-refractivity contribution in [2.45, 2.75) is 12.1 Å². The molecule has 2 rings (SSSR count). The van der Waals surface area contributed by atoms with Gasteiger partial charge in [-0.1, -0.05) is 18.2 Å². The van der Waals surface area contributed by atoms with E-state index < -0.39 is 18.0 Å². The van der Waals surface area contributed by atoms with Crippen molar-refractivity contribution in [3.63, 3.8) is 0 Å². The number of hydrogen-bond acceptors (Lipinski definition) is 3. The summed E-state index contributed by atoms with van der Waals surface area (Å²) in [5.41, 5.74) is 0. The topological polar surface area (TPSA) is 70.1 Å². The zero-order valence-corrected chi connectivity index (χ0v) is 8.57. The van der Waals surface area contributed by atoms with Gasteiger partial charge < -0.3 is 10.0 Å². The van der Waals surface area contributed by atoms with Gasteiger partial charge in [0.05, 0.1) is 19.2 Å². The number of urea groups is 1. The van der Waals surface area contributed by atoms with Crippen molar-refractivity contribution < 1.29 is 19.5 Å². The SMILES string of the molecule is C=CCON1C(=O)N2C[C@H]1C=CC2C(=O)O. The summed E-state index contributed by atoms with van der Waals surface area (Å²) < 4.78 is 0. The van der Waals surface area contributed by atoms with E-state index in [0.717, 1.165) is 0 Å². The van der Waals surface area contributed by atoms with Gasteiger partial charge in [0.15, 0.2) is 0 Å². The number of carboxylic acids is 1. The molecule has 0 aromatic rings. The first-order chi connectivity index (χ1) is 7.65. The Morgan fingerprint density at radius 3 is 3.06 bits per heavy atom. The molecule has 2 bridgehead atoms. The van der Waals surface area contributed by atoms with E-state index in [4.69, 9.17) is 9.94 Å². The Balaban J connectivity index is 2.15. The number of rotatable bonds is 4. The number of carbonyl (C=O) groups excluding carboxylic acids is 1. The molecular formula is C10H12N2O4. The van der Waals surface area contributed by atoms with Crippen molar-refractivity contribution in [2.24, 2.45) is 0 Å². The Labute approximate surface area is 92.3 Å². The van der Waals surface area contributed by atoms with Gasteiger partial charge in [-0.15, -0.1) is 6.58 Å². The predicted octanol–water partition coefficient (Wildman–Crippen LogP) is 0.233. The van der Waals surface area contributed by atoms with Crippen LogP contribution in [0.2, 0.25) is 0 Å². The summed E-state index contributed by atoms with van der Waals surface area (Å²) >= 11 is 0. The van der Waals surface area contributed by atoms with Crippen LogP contribution in [0.5, 0.6) is 0 Å². The number of fused-ring (bicyclic) bond motifs is 2. The van der Waals surface area contributed by atoms with Crippen LogP contribution in [-0.4, -0.2) is 52.3 Å². The van der Waals surface area contributed by atoms with E-state index in [9.17, 15) is 9.59 Å². The van der Waals surface area contributed by atoms with Gasteiger partial charge in [-0.2, -0.15) is 5.06 Å². The van der Waals surface area contributed by atoms with Gasteiger partial charge in [-0.25, -0.2) is 9.59 Å². The van der Waals surface area contributed by atoms with Gasteiger partial charge in [0.1, 0.15) is 6.04 Å². The summed E-state index contributed by atoms with van der Waals surface area (Å²) in [4.78, 5) is 29.1. The fourth-order valence-electron chi connectivity index (χ4n) is 1.83. The van der Waals surface area contributed by atoms with Crippen LogP contribution in [0.1, 0.15) is 0 Å². The molecule has 6 nitrogen and oxygen atoms in total. The molecule has 2 amide bonds. The van der Waals surface area contributed by atoms with E-state index in [-0.39, 0.29) is 12.6 Å². The molecule has 0 aromatic carbocycles. The Hall–Kier alpha value is -1.82. The zero-order chi connectivity index (χ0) is 11.7. The van der Waals surface area contributed by atoms with E-state index >= 15 is 0 Å². The molecule has 2 heterocycles. The molecule has 1 saturated heterocycles. The maximum atomic E-state index is 11.8. The molecule has 0 aliphatic carbocycles. The average Bonchev–Trinajstić information content (AvgIpc) is 2.50. The summed E-state index contributed by atoms with van der Waals surface area (Å²) in [6.45, 7) is 4.06. The van der Waals surface area contributed by atoms with Crippen molar-refractivity contribution in [1.29, 1.82) is 0 Å². The summed E-state index contributed by atoms with van der Waals surface area (Å²) in [5.74, 6) is -1.03. The highest BCUT2D eigenvalue weighted by molar-refractivity contribution is 5.86. The van der Waals surface area contributed by atoms with Crippen molar-refractivity contribution in [1.82, 2.24) is 9.96 Å². The Kier molecular flexibility index (Phi) is 2.66. The monoisotopic (exact) mass is 224 g/mol. The number of nitrogens with zero attached hydrogens (tertiary/aromatic N) is 2. The highest BCUT2D eigenvalue weighted by Gasteiger charge is 2.45. The number of hydroxylamine groups is 2. The Morgan fingerprint density at radius 1 is 1.69 bits per heavy atom. The minimum absolute atomic E-state index is 0.206. The maximum Gasteiger partial charge on any atom is 0.345 e. The number of carboxylic acid groups (broad SMARTS) is 1. The molecule has 0 radical (unpaired) electrons. The maximum absolute atomic E-state index is 11.8. The van der Waals surface area contributed by atoms with Gasteiger partial charge >= 0.3 is 12.0 Å². The summed E-state index contributed by atoms with van der Waals surface area (Å²) in [6.07, 6.45) is 4.72. The molecule has 0 spiro atoms. The normalized spacial score (nSPS) is 27.4. The molecule has 2 aliphatic heterocycles. The third-order valence-corrected chi connectivity index (χ3v) is 2.56. The molecule has 2 atom stereocenters. The highest BCUT2D eigenvalue weighted by Crippen LogP contribution is 2.25. The first-order valence-corrected chi connectivity index (χ1v) is 4.90. The van der Waals surface area contributed by atoms with Crippen LogP contribution >= 0.6 is 0 Å². The van der Waals surface area contributed by atoms with E-state index in [2.05, 4.69) is 6.58 Å². The molecule has 86 valence electrons. The van der Waals surface area contributed by atoms with Gasteiger partial charge in [0, 0.05) is 0 Å². The largest absolute Gasteiger partial charge is 0.479 e. The van der Waals surface area contributed by atoms with Crippen LogP contribution in [0, 0.1) is 0 Å². The van der Waals surface area contributed by atoms with Crippen LogP contribution in [0.25, 0.3) is 0 Å². The smallest absolute Gasteiger partial charge is 0.345 e. The second kappa shape index (κ2) is 3.97. The van der Waals surface area contributed by atoms with Crippen molar-refractivity contribution >= 4 is 12.0 Å². The van der Waals surface area contributed by atoms with E-state index in [1.807, 2.05) is 0 Å². The van der Waals surface area contributed by atoms with Gasteiger partial charge in [0.2, 0.25) is 0 Å². The summed E-state index contributed by atoms with van der Waals surface area (Å²) in [5, 5.41) is 10.1. The molecule has 16 heavy (non-hydrogen) atoms. The zero-order valence-electron chi connectivity index (χ0n) is 8.57. The van der Waals surface area contributed by atoms with E-state index in [0.29, 0.717) is 6.54 Å². The fraction of sp³-hybridized carbons (Fsp3) is 0.400. The van der Waals surface area contributed by atoms with Gasteiger partial charge in [0.25, 0.3) is 0 Å². The van der Waals surface area contributed by atoms with Crippen LogP contribution < -0.4 is 0 Å². The minimum Gasteiger partial charge on any atom is -0.479 e. The number of carbonyl (C=O) groups is 2. The lowest BCUT2D eigenvalue weighted by atomic mass is 10.1. The Morgan fingerprint density at radius 2 is 2.44 bits per heavy atom. The van der Waals surface area contributed by atoms with E-state index in [1.54, 1.807) is 6.08 Å². The molecule has 2 aliphatic rings. The lowest BCUT2D eigenvalue weighted by Crippen LogP contribution is -2.43. The quantitative estimate of drug-likeness (QED) is 0.694. The third-order valence-electron chi connectivity index (χ3n) is 2.56. The van der Waals surface area contributed by atoms with Gasteiger partial charge in [-0.05, 0) is 0 Å². The fourth-order valence-corrected chi connectivity index (χ4v) is 1.83. The molecule has 0 saturated carbocycles.